The van der Waals surface area contributed by atoms with Crippen LogP contribution in [0.5, 0.6) is 0 Å². The van der Waals surface area contributed by atoms with Gasteiger partial charge in [-0.3, -0.25) is 0 Å². The molecular weight excluding hydrogens is 328 g/mol. The molecule has 0 bridgehead atoms. The van der Waals surface area contributed by atoms with Crippen molar-refractivity contribution in [1.82, 2.24) is 30.6 Å². The van der Waals surface area contributed by atoms with Gasteiger partial charge in [-0.15, -0.1) is 10.2 Å². The number of allylic oxidation sites excluding steroid dienone is 1. The molecular formula is C18H14N8. The highest BCUT2D eigenvalue weighted by Gasteiger charge is 2.07. The lowest BCUT2D eigenvalue weighted by Gasteiger charge is -2.00. The van der Waals surface area contributed by atoms with Crippen LogP contribution in [0, 0.1) is 18.3 Å². The molecule has 0 unspecified atom stereocenters. The molecule has 26 heavy (non-hydrogen) atoms. The van der Waals surface area contributed by atoms with E-state index >= 15 is 0 Å². The normalized spacial score (nSPS) is 11.5. The fraction of sp³-hybridized carbons (Fsp3) is 0.0556. The first kappa shape index (κ1) is 15.5. The van der Waals surface area contributed by atoms with Gasteiger partial charge in [-0.25, -0.2) is 4.98 Å². The Hall–Kier alpha value is -3.99. The van der Waals surface area contributed by atoms with Gasteiger partial charge in [0.2, 0.25) is 5.82 Å². The largest absolute Gasteiger partial charge is 0.360 e. The molecule has 0 amide bonds. The number of aromatic amines is 2. The van der Waals surface area contributed by atoms with E-state index in [9.17, 15) is 5.26 Å². The molecule has 0 atom stereocenters. The van der Waals surface area contributed by atoms with Gasteiger partial charge >= 0.3 is 0 Å². The maximum atomic E-state index is 9.20. The lowest BCUT2D eigenvalue weighted by atomic mass is 10.1. The van der Waals surface area contributed by atoms with Crippen LogP contribution in [0.2, 0.25) is 0 Å². The minimum absolute atomic E-state index is 0.240. The number of benzene rings is 2. The summed E-state index contributed by atoms with van der Waals surface area (Å²) in [6.07, 6.45) is 1.54. The maximum absolute atomic E-state index is 9.20. The van der Waals surface area contributed by atoms with Gasteiger partial charge in [0.1, 0.15) is 17.5 Å². The van der Waals surface area contributed by atoms with Crippen LogP contribution in [0.4, 0.5) is 5.69 Å². The summed E-state index contributed by atoms with van der Waals surface area (Å²) in [7, 11) is 0. The number of imidazole rings is 1. The topological polar surface area (TPSA) is 119 Å². The first-order valence-corrected chi connectivity index (χ1v) is 7.90. The quantitative estimate of drug-likeness (QED) is 0.490. The number of anilines is 1. The van der Waals surface area contributed by atoms with E-state index in [1.807, 2.05) is 36.4 Å². The number of hydrogen-bond donors (Lipinski definition) is 3. The van der Waals surface area contributed by atoms with Gasteiger partial charge in [-0.05, 0) is 30.3 Å². The Morgan fingerprint density at radius 1 is 1.19 bits per heavy atom. The van der Waals surface area contributed by atoms with Crippen LogP contribution >= 0.6 is 0 Å². The molecule has 4 aromatic rings. The Kier molecular flexibility index (Phi) is 3.88. The third kappa shape index (κ3) is 3.01. The van der Waals surface area contributed by atoms with Crippen molar-refractivity contribution in [1.29, 1.82) is 5.26 Å². The Balaban J connectivity index is 1.62. The first-order chi connectivity index (χ1) is 12.7. The molecule has 2 aromatic carbocycles. The number of tetrazole rings is 1. The molecule has 8 heteroatoms. The number of aryl methyl sites for hydroxylation is 1. The summed E-state index contributed by atoms with van der Waals surface area (Å²) in [5, 5.41) is 25.7. The van der Waals surface area contributed by atoms with Gasteiger partial charge in [0.05, 0.1) is 11.0 Å². The number of nitrogens with one attached hydrogen (secondary N) is 3. The zero-order chi connectivity index (χ0) is 17.9. The van der Waals surface area contributed by atoms with Crippen LogP contribution in [0.25, 0.3) is 28.0 Å². The molecule has 0 aliphatic rings. The number of aromatic nitrogens is 6. The van der Waals surface area contributed by atoms with E-state index in [1.54, 1.807) is 6.20 Å². The Morgan fingerprint density at radius 3 is 2.77 bits per heavy atom. The molecule has 0 saturated heterocycles. The standard InChI is InChI=1S/C18H14N8/c1-11-2-4-12(5-3-11)17-21-15-7-6-14(8-16(15)22-17)20-10-13(9-19)18-23-25-26-24-18/h2-8,10,20H,1H3,(H,21,22)(H,23,24,25,26). The van der Waals surface area contributed by atoms with Crippen molar-refractivity contribution in [2.75, 3.05) is 5.32 Å². The highest BCUT2D eigenvalue weighted by atomic mass is 15.5. The molecule has 2 aromatic heterocycles. The van der Waals surface area contributed by atoms with Crippen LogP contribution in [-0.4, -0.2) is 30.6 Å². The molecule has 0 spiro atoms. The minimum Gasteiger partial charge on any atom is -0.360 e. The molecule has 0 aliphatic heterocycles. The van der Waals surface area contributed by atoms with Gasteiger partial charge in [-0.2, -0.15) is 10.5 Å². The predicted molar refractivity (Wildman–Crippen MR) is 97.7 cm³/mol. The van der Waals surface area contributed by atoms with E-state index in [2.05, 4.69) is 55.0 Å². The smallest absolute Gasteiger partial charge is 0.216 e. The number of hydrogen-bond acceptors (Lipinski definition) is 6. The molecule has 0 radical (unpaired) electrons. The van der Waals surface area contributed by atoms with Gasteiger partial charge in [-0.1, -0.05) is 29.8 Å². The van der Waals surface area contributed by atoms with Crippen molar-refractivity contribution < 1.29 is 0 Å². The number of nitriles is 1. The predicted octanol–water partition coefficient (Wildman–Crippen LogP) is 3.03. The van der Waals surface area contributed by atoms with Crippen molar-refractivity contribution in [3.05, 3.63) is 60.1 Å². The molecule has 0 aliphatic carbocycles. The number of nitrogens with zero attached hydrogens (tertiary/aromatic N) is 5. The zero-order valence-electron chi connectivity index (χ0n) is 13.9. The summed E-state index contributed by atoms with van der Waals surface area (Å²) in [5.41, 5.74) is 5.10. The van der Waals surface area contributed by atoms with Crippen LogP contribution in [0.3, 0.4) is 0 Å². The molecule has 0 fully saturated rings. The summed E-state index contributed by atoms with van der Waals surface area (Å²) in [4.78, 5) is 7.95. The van der Waals surface area contributed by atoms with Crippen LogP contribution in [-0.2, 0) is 0 Å². The molecule has 2 heterocycles. The second-order valence-electron chi connectivity index (χ2n) is 5.73. The van der Waals surface area contributed by atoms with E-state index in [0.29, 0.717) is 0 Å². The van der Waals surface area contributed by atoms with Crippen LogP contribution in [0.1, 0.15) is 11.4 Å². The van der Waals surface area contributed by atoms with E-state index < -0.39 is 0 Å². The van der Waals surface area contributed by atoms with Crippen LogP contribution < -0.4 is 5.32 Å². The van der Waals surface area contributed by atoms with E-state index in [1.165, 1.54) is 5.56 Å². The fourth-order valence-electron chi connectivity index (χ4n) is 2.53. The molecule has 0 saturated carbocycles. The zero-order valence-corrected chi connectivity index (χ0v) is 13.9. The van der Waals surface area contributed by atoms with Gasteiger partial charge in [0.15, 0.2) is 0 Å². The minimum atomic E-state index is 0.240. The summed E-state index contributed by atoms with van der Waals surface area (Å²) in [6, 6.07) is 16.0. The maximum Gasteiger partial charge on any atom is 0.216 e. The molecule has 4 rings (SSSR count). The third-order valence-electron chi connectivity index (χ3n) is 3.90. The second kappa shape index (κ2) is 6.49. The van der Waals surface area contributed by atoms with Gasteiger partial charge in [0.25, 0.3) is 0 Å². The number of H-pyrrole nitrogens is 2. The van der Waals surface area contributed by atoms with Crippen molar-refractivity contribution >= 4 is 22.3 Å². The van der Waals surface area contributed by atoms with Crippen molar-refractivity contribution in [2.45, 2.75) is 6.92 Å². The second-order valence-corrected chi connectivity index (χ2v) is 5.73. The summed E-state index contributed by atoms with van der Waals surface area (Å²) in [6.45, 7) is 2.05. The molecule has 3 N–H and O–H groups in total. The third-order valence-corrected chi connectivity index (χ3v) is 3.90. The van der Waals surface area contributed by atoms with Crippen molar-refractivity contribution in [3.8, 4) is 17.5 Å². The lowest BCUT2D eigenvalue weighted by Crippen LogP contribution is -1.92. The summed E-state index contributed by atoms with van der Waals surface area (Å²) in [5.74, 6) is 1.06. The number of rotatable bonds is 4. The van der Waals surface area contributed by atoms with Gasteiger partial charge < -0.3 is 10.3 Å². The van der Waals surface area contributed by atoms with Crippen LogP contribution in [0.15, 0.2) is 48.7 Å². The molecule has 126 valence electrons. The highest BCUT2D eigenvalue weighted by Crippen LogP contribution is 2.23. The lowest BCUT2D eigenvalue weighted by molar-refractivity contribution is 0.881. The Labute approximate surface area is 148 Å². The summed E-state index contributed by atoms with van der Waals surface area (Å²) >= 11 is 0. The average molecular weight is 342 g/mol. The van der Waals surface area contributed by atoms with Crippen molar-refractivity contribution in [3.63, 3.8) is 0 Å². The van der Waals surface area contributed by atoms with E-state index in [-0.39, 0.29) is 11.4 Å². The SMILES string of the molecule is Cc1ccc(-c2nc3ccc(NC=C(C#N)c4nn[nH]n4)cc3[nH]2)cc1. The van der Waals surface area contributed by atoms with Crippen molar-refractivity contribution in [2.24, 2.45) is 0 Å². The Morgan fingerprint density at radius 2 is 2.04 bits per heavy atom. The van der Waals surface area contributed by atoms with E-state index in [4.69, 9.17) is 0 Å². The van der Waals surface area contributed by atoms with E-state index in [0.717, 1.165) is 28.1 Å². The first-order valence-electron chi connectivity index (χ1n) is 7.90. The fourth-order valence-corrected chi connectivity index (χ4v) is 2.53. The van der Waals surface area contributed by atoms with Gasteiger partial charge in [0, 0.05) is 17.5 Å². The highest BCUT2D eigenvalue weighted by molar-refractivity contribution is 5.83. The number of fused-ring (bicyclic) bond motifs is 1. The Bertz CT molecular complexity index is 1110. The summed E-state index contributed by atoms with van der Waals surface area (Å²) < 4.78 is 0. The monoisotopic (exact) mass is 342 g/mol. The average Bonchev–Trinajstić information content (AvgIpc) is 3.32. The molecule has 8 nitrogen and oxygen atoms in total.